The van der Waals surface area contributed by atoms with Crippen molar-refractivity contribution < 1.29 is 9.53 Å². The number of nitrogens with zero attached hydrogens (tertiary/aromatic N) is 1. The third-order valence-electron chi connectivity index (χ3n) is 4.73. The van der Waals surface area contributed by atoms with Gasteiger partial charge in [0, 0.05) is 18.7 Å². The highest BCUT2D eigenvalue weighted by Crippen LogP contribution is 2.34. The normalized spacial score (nSPS) is 14.9. The maximum Gasteiger partial charge on any atom is 0.255 e. The van der Waals surface area contributed by atoms with Gasteiger partial charge in [0.15, 0.2) is 0 Å². The maximum atomic E-state index is 12.7. The third kappa shape index (κ3) is 4.54. The fraction of sp³-hybridized carbons (Fsp3) is 0.381. The average molecular weight is 388 g/mol. The van der Waals surface area contributed by atoms with Crippen molar-refractivity contribution in [3.63, 3.8) is 0 Å². The Balaban J connectivity index is 1.81. The Hall–Kier alpha value is -2.24. The minimum absolute atomic E-state index is 0.0440. The zero-order chi connectivity index (χ0) is 19.6. The molecule has 5 nitrogen and oxygen atoms in total. The third-order valence-corrected chi connectivity index (χ3v) is 5.04. The molecular weight excluding hydrogens is 362 g/mol. The molecule has 27 heavy (non-hydrogen) atoms. The van der Waals surface area contributed by atoms with Gasteiger partial charge in [-0.15, -0.1) is 0 Å². The molecule has 0 radical (unpaired) electrons. The minimum atomic E-state index is -0.199. The zero-order valence-corrected chi connectivity index (χ0v) is 16.8. The molecule has 1 aliphatic heterocycles. The first-order chi connectivity index (χ1) is 12.8. The molecule has 1 aliphatic rings. The number of ether oxygens (including phenoxy) is 1. The predicted molar refractivity (Wildman–Crippen MR) is 112 cm³/mol. The quantitative estimate of drug-likeness (QED) is 0.770. The monoisotopic (exact) mass is 387 g/mol. The number of nitrogens with one attached hydrogen (secondary N) is 1. The number of amides is 1. The summed E-state index contributed by atoms with van der Waals surface area (Å²) in [6.07, 6.45) is 0. The van der Waals surface area contributed by atoms with Crippen molar-refractivity contribution in [2.24, 2.45) is 0 Å². The lowest BCUT2D eigenvalue weighted by Crippen LogP contribution is -2.36. The fourth-order valence-electron chi connectivity index (χ4n) is 3.07. The summed E-state index contributed by atoms with van der Waals surface area (Å²) in [7, 11) is 0. The van der Waals surface area contributed by atoms with Gasteiger partial charge in [0.05, 0.1) is 35.3 Å². The second kappa shape index (κ2) is 7.79. The maximum absolute atomic E-state index is 12.7. The van der Waals surface area contributed by atoms with Crippen LogP contribution in [0.5, 0.6) is 0 Å². The lowest BCUT2D eigenvalue weighted by Gasteiger charge is -2.30. The Morgan fingerprint density at radius 2 is 1.78 bits per heavy atom. The van der Waals surface area contributed by atoms with E-state index in [1.807, 2.05) is 30.3 Å². The fourth-order valence-corrected chi connectivity index (χ4v) is 3.29. The summed E-state index contributed by atoms with van der Waals surface area (Å²) >= 11 is 6.32. The van der Waals surface area contributed by atoms with Crippen LogP contribution < -0.4 is 16.0 Å². The lowest BCUT2D eigenvalue weighted by molar-refractivity contribution is 0.102. The van der Waals surface area contributed by atoms with Crippen LogP contribution in [-0.4, -0.2) is 32.2 Å². The van der Waals surface area contributed by atoms with Crippen LogP contribution in [-0.2, 0) is 10.2 Å². The summed E-state index contributed by atoms with van der Waals surface area (Å²) in [6, 6.07) is 11.2. The number of benzene rings is 2. The molecule has 6 heteroatoms. The Morgan fingerprint density at radius 3 is 2.37 bits per heavy atom. The van der Waals surface area contributed by atoms with E-state index < -0.39 is 0 Å². The number of nitrogens with two attached hydrogens (primary N) is 1. The van der Waals surface area contributed by atoms with Gasteiger partial charge in [-0.2, -0.15) is 0 Å². The largest absolute Gasteiger partial charge is 0.397 e. The number of anilines is 3. The Kier molecular flexibility index (Phi) is 5.63. The minimum Gasteiger partial charge on any atom is -0.397 e. The molecule has 2 aromatic carbocycles. The number of morpholine rings is 1. The number of carbonyl (C=O) groups excluding carboxylic acids is 1. The van der Waals surface area contributed by atoms with Crippen molar-refractivity contribution in [1.82, 2.24) is 0 Å². The molecule has 0 aliphatic carbocycles. The second-order valence-corrected chi connectivity index (χ2v) is 8.18. The van der Waals surface area contributed by atoms with Crippen LogP contribution in [0.1, 0.15) is 36.7 Å². The van der Waals surface area contributed by atoms with Gasteiger partial charge >= 0.3 is 0 Å². The van der Waals surface area contributed by atoms with Crippen molar-refractivity contribution in [3.8, 4) is 0 Å². The molecule has 1 saturated heterocycles. The van der Waals surface area contributed by atoms with Crippen LogP contribution in [0.4, 0.5) is 17.1 Å². The highest BCUT2D eigenvalue weighted by molar-refractivity contribution is 6.34. The number of carbonyl (C=O) groups is 1. The van der Waals surface area contributed by atoms with E-state index in [1.54, 1.807) is 6.07 Å². The number of rotatable bonds is 3. The molecule has 144 valence electrons. The molecule has 1 fully saturated rings. The molecule has 1 heterocycles. The molecule has 0 spiro atoms. The van der Waals surface area contributed by atoms with E-state index in [0.29, 0.717) is 35.2 Å². The first-order valence-corrected chi connectivity index (χ1v) is 9.47. The smallest absolute Gasteiger partial charge is 0.255 e. The van der Waals surface area contributed by atoms with Gasteiger partial charge in [-0.25, -0.2) is 0 Å². The van der Waals surface area contributed by atoms with Crippen LogP contribution in [0.15, 0.2) is 36.4 Å². The standard InChI is InChI=1S/C21H26ClN3O2/c1-21(2,3)15-6-4-14(5-7-15)20(26)24-18-13-19(17(23)12-16(18)22)25-8-10-27-11-9-25/h4-7,12-13H,8-11,23H2,1-3H3,(H,24,26). The first kappa shape index (κ1) is 19.5. The number of hydrogen-bond donors (Lipinski definition) is 2. The second-order valence-electron chi connectivity index (χ2n) is 7.77. The van der Waals surface area contributed by atoms with Gasteiger partial charge in [0.25, 0.3) is 5.91 Å². The van der Waals surface area contributed by atoms with Gasteiger partial charge in [-0.05, 0) is 35.2 Å². The van der Waals surface area contributed by atoms with E-state index in [-0.39, 0.29) is 11.3 Å². The van der Waals surface area contributed by atoms with Crippen molar-refractivity contribution in [2.75, 3.05) is 42.3 Å². The highest BCUT2D eigenvalue weighted by atomic mass is 35.5. The van der Waals surface area contributed by atoms with Crippen LogP contribution in [0.2, 0.25) is 5.02 Å². The van der Waals surface area contributed by atoms with Crippen LogP contribution in [0.3, 0.4) is 0 Å². The van der Waals surface area contributed by atoms with Crippen molar-refractivity contribution in [1.29, 1.82) is 0 Å². The summed E-state index contributed by atoms with van der Waals surface area (Å²) in [4.78, 5) is 14.8. The molecule has 0 bridgehead atoms. The van der Waals surface area contributed by atoms with E-state index in [1.165, 1.54) is 5.56 Å². The van der Waals surface area contributed by atoms with E-state index in [4.69, 9.17) is 22.1 Å². The molecule has 3 N–H and O–H groups in total. The summed E-state index contributed by atoms with van der Waals surface area (Å²) in [5.74, 6) is -0.199. The number of hydrogen-bond acceptors (Lipinski definition) is 4. The molecular formula is C21H26ClN3O2. The van der Waals surface area contributed by atoms with Gasteiger partial charge < -0.3 is 20.7 Å². The molecule has 0 aromatic heterocycles. The van der Waals surface area contributed by atoms with Gasteiger partial charge in [0.2, 0.25) is 0 Å². The van der Waals surface area contributed by atoms with E-state index >= 15 is 0 Å². The molecule has 2 aromatic rings. The number of nitrogen functional groups attached to an aromatic ring is 1. The van der Waals surface area contributed by atoms with Gasteiger partial charge in [-0.1, -0.05) is 44.5 Å². The average Bonchev–Trinajstić information content (AvgIpc) is 2.64. The summed E-state index contributed by atoms with van der Waals surface area (Å²) in [5, 5.41) is 3.33. The molecule has 0 saturated carbocycles. The summed E-state index contributed by atoms with van der Waals surface area (Å²) in [6.45, 7) is 9.25. The Bertz CT molecular complexity index is 823. The van der Waals surface area contributed by atoms with Gasteiger partial charge in [-0.3, -0.25) is 4.79 Å². The summed E-state index contributed by atoms with van der Waals surface area (Å²) in [5.41, 5.74) is 9.96. The zero-order valence-electron chi connectivity index (χ0n) is 16.0. The van der Waals surface area contributed by atoms with Crippen LogP contribution in [0, 0.1) is 0 Å². The van der Waals surface area contributed by atoms with E-state index in [2.05, 4.69) is 31.0 Å². The molecule has 1 amide bonds. The topological polar surface area (TPSA) is 67.6 Å². The Morgan fingerprint density at radius 1 is 1.15 bits per heavy atom. The van der Waals surface area contributed by atoms with Crippen molar-refractivity contribution in [3.05, 3.63) is 52.5 Å². The summed E-state index contributed by atoms with van der Waals surface area (Å²) < 4.78 is 5.39. The van der Waals surface area contributed by atoms with Crippen LogP contribution >= 0.6 is 11.6 Å². The number of halogens is 1. The van der Waals surface area contributed by atoms with Crippen molar-refractivity contribution in [2.45, 2.75) is 26.2 Å². The van der Waals surface area contributed by atoms with Crippen LogP contribution in [0.25, 0.3) is 0 Å². The van der Waals surface area contributed by atoms with Crippen molar-refractivity contribution >= 4 is 34.6 Å². The molecule has 0 atom stereocenters. The first-order valence-electron chi connectivity index (χ1n) is 9.09. The molecule has 3 rings (SSSR count). The highest BCUT2D eigenvalue weighted by Gasteiger charge is 2.18. The Labute approximate surface area is 165 Å². The van der Waals surface area contributed by atoms with E-state index in [0.717, 1.165) is 18.8 Å². The lowest BCUT2D eigenvalue weighted by atomic mass is 9.87. The van der Waals surface area contributed by atoms with E-state index in [9.17, 15) is 4.79 Å². The van der Waals surface area contributed by atoms with Gasteiger partial charge in [0.1, 0.15) is 0 Å². The SMILES string of the molecule is CC(C)(C)c1ccc(C(=O)Nc2cc(N3CCOCC3)c(N)cc2Cl)cc1. The predicted octanol–water partition coefficient (Wildman–Crippen LogP) is 4.31. The molecule has 0 unspecified atom stereocenters.